The minimum atomic E-state index is -4.74. The number of morpholine rings is 1. The molecule has 0 saturated carbocycles. The molecule has 4 rings (SSSR count). The fourth-order valence-corrected chi connectivity index (χ4v) is 4.16. The molecule has 12 heteroatoms. The van der Waals surface area contributed by atoms with Crippen molar-refractivity contribution in [2.24, 2.45) is 0 Å². The quantitative estimate of drug-likeness (QED) is 0.668. The minimum absolute atomic E-state index is 0.00262. The van der Waals surface area contributed by atoms with Gasteiger partial charge in [0.15, 0.2) is 5.54 Å². The lowest BCUT2D eigenvalue weighted by atomic mass is 9.99. The molecule has 1 saturated heterocycles. The van der Waals surface area contributed by atoms with Gasteiger partial charge in [-0.3, -0.25) is 9.36 Å². The molecule has 2 unspecified atom stereocenters. The summed E-state index contributed by atoms with van der Waals surface area (Å²) < 4.78 is 67.6. The molecule has 2 aromatic rings. The van der Waals surface area contributed by atoms with Crippen LogP contribution in [-0.4, -0.2) is 66.3 Å². The number of ether oxygens (including phenoxy) is 2. The third-order valence-electron chi connectivity index (χ3n) is 6.13. The topological polar surface area (TPSA) is 80.1 Å². The summed E-state index contributed by atoms with van der Waals surface area (Å²) in [6, 6.07) is 4.60. The van der Waals surface area contributed by atoms with Crippen molar-refractivity contribution in [1.82, 2.24) is 9.55 Å². The molecule has 0 bridgehead atoms. The average Bonchev–Trinajstić information content (AvgIpc) is 3.07. The molecule has 0 aliphatic carbocycles. The Hall–Kier alpha value is -2.86. The summed E-state index contributed by atoms with van der Waals surface area (Å²) in [6.45, 7) is 1.46. The number of methoxy groups -OCH3 is 1. The van der Waals surface area contributed by atoms with Gasteiger partial charge in [0.25, 0.3) is 5.56 Å². The molecule has 2 aliphatic heterocycles. The number of β-amino-alcohol motifs (C(OH)–C–C–N with tert-alkyl or cyclic N) is 1. The highest BCUT2D eigenvalue weighted by Gasteiger charge is 2.60. The van der Waals surface area contributed by atoms with Crippen LogP contribution in [-0.2, 0) is 11.3 Å². The summed E-state index contributed by atoms with van der Waals surface area (Å²) in [6.07, 6.45) is -6.21. The zero-order valence-corrected chi connectivity index (χ0v) is 18.1. The van der Waals surface area contributed by atoms with Gasteiger partial charge in [0.1, 0.15) is 23.5 Å². The first-order valence-corrected chi connectivity index (χ1v) is 10.4. The molecule has 1 fully saturated rings. The van der Waals surface area contributed by atoms with E-state index in [0.717, 1.165) is 28.5 Å². The summed E-state index contributed by atoms with van der Waals surface area (Å²) in [5.41, 5.74) is -2.99. The van der Waals surface area contributed by atoms with Gasteiger partial charge in [-0.05, 0) is 19.1 Å². The smallest absolute Gasteiger partial charge is 0.413 e. The van der Waals surface area contributed by atoms with Crippen LogP contribution in [0.25, 0.3) is 0 Å². The summed E-state index contributed by atoms with van der Waals surface area (Å²) in [7, 11) is 1.27. The van der Waals surface area contributed by atoms with Gasteiger partial charge in [-0.2, -0.15) is 18.2 Å². The average molecular weight is 472 g/mol. The number of aliphatic hydroxyl groups excluding tert-OH is 1. The fourth-order valence-electron chi connectivity index (χ4n) is 4.16. The minimum Gasteiger partial charge on any atom is -0.496 e. The number of fused-ring (bicyclic) bond motifs is 1. The number of halogens is 4. The molecule has 0 radical (unpaired) electrons. The summed E-state index contributed by atoms with van der Waals surface area (Å²) in [5.74, 6) is -0.551. The van der Waals surface area contributed by atoms with E-state index in [2.05, 4.69) is 4.98 Å². The second kappa shape index (κ2) is 8.49. The van der Waals surface area contributed by atoms with E-state index in [4.69, 9.17) is 9.47 Å². The van der Waals surface area contributed by atoms with Crippen molar-refractivity contribution < 1.29 is 32.1 Å². The highest BCUT2D eigenvalue weighted by Crippen LogP contribution is 2.44. The Kier molecular flexibility index (Phi) is 5.99. The summed E-state index contributed by atoms with van der Waals surface area (Å²) in [4.78, 5) is 19.8. The third kappa shape index (κ3) is 4.12. The van der Waals surface area contributed by atoms with E-state index in [-0.39, 0.29) is 23.1 Å². The Bertz CT molecular complexity index is 1090. The zero-order chi connectivity index (χ0) is 24.0. The van der Waals surface area contributed by atoms with Crippen molar-refractivity contribution in [3.63, 3.8) is 0 Å². The molecule has 1 aromatic carbocycles. The van der Waals surface area contributed by atoms with Gasteiger partial charge < -0.3 is 24.4 Å². The van der Waals surface area contributed by atoms with Crippen molar-refractivity contribution in [2.75, 3.05) is 49.8 Å². The number of nitrogens with zero attached hydrogens (tertiary/aromatic N) is 4. The highest BCUT2D eigenvalue weighted by molar-refractivity contribution is 5.50. The number of aliphatic hydroxyl groups is 1. The Morgan fingerprint density at radius 3 is 2.61 bits per heavy atom. The monoisotopic (exact) mass is 472 g/mol. The summed E-state index contributed by atoms with van der Waals surface area (Å²) in [5, 5.41) is 10.8. The van der Waals surface area contributed by atoms with Crippen LogP contribution in [0.15, 0.2) is 29.1 Å². The number of benzene rings is 1. The standard InChI is InChI=1S/C21H24F4N4O4/c1-20(21(23,24)25)12-28-18(31)10-17(27-5-7-33-8-6-27)26-19(28)29(20)11-15(30)14-4-3-13(22)9-16(14)32-2/h3-4,9-10,15,30H,5-8,11-12H2,1-2H3. The molecule has 180 valence electrons. The van der Waals surface area contributed by atoms with Crippen molar-refractivity contribution in [1.29, 1.82) is 0 Å². The molecular weight excluding hydrogens is 448 g/mol. The number of alkyl halides is 3. The van der Waals surface area contributed by atoms with Gasteiger partial charge in [0.2, 0.25) is 5.95 Å². The number of aromatic nitrogens is 2. The second-order valence-electron chi connectivity index (χ2n) is 8.22. The van der Waals surface area contributed by atoms with Crippen LogP contribution >= 0.6 is 0 Å². The first-order chi connectivity index (χ1) is 15.5. The van der Waals surface area contributed by atoms with E-state index >= 15 is 0 Å². The van der Waals surface area contributed by atoms with Crippen molar-refractivity contribution in [2.45, 2.75) is 31.3 Å². The summed E-state index contributed by atoms with van der Waals surface area (Å²) >= 11 is 0. The van der Waals surface area contributed by atoms with Crippen LogP contribution in [0.2, 0.25) is 0 Å². The Morgan fingerprint density at radius 2 is 1.97 bits per heavy atom. The van der Waals surface area contributed by atoms with E-state index < -0.39 is 42.3 Å². The second-order valence-corrected chi connectivity index (χ2v) is 8.22. The molecule has 2 aliphatic rings. The molecule has 33 heavy (non-hydrogen) atoms. The van der Waals surface area contributed by atoms with Gasteiger partial charge >= 0.3 is 6.18 Å². The molecule has 1 aromatic heterocycles. The molecule has 1 N–H and O–H groups in total. The highest BCUT2D eigenvalue weighted by atomic mass is 19.4. The molecule has 3 heterocycles. The van der Waals surface area contributed by atoms with Crippen LogP contribution in [0.3, 0.4) is 0 Å². The fraction of sp³-hybridized carbons (Fsp3) is 0.524. The number of hydrogen-bond acceptors (Lipinski definition) is 7. The maximum atomic E-state index is 14.2. The van der Waals surface area contributed by atoms with E-state index in [1.165, 1.54) is 19.2 Å². The van der Waals surface area contributed by atoms with Gasteiger partial charge in [-0.25, -0.2) is 4.39 Å². The predicted octanol–water partition coefficient (Wildman–Crippen LogP) is 2.10. The van der Waals surface area contributed by atoms with Crippen LogP contribution in [0, 0.1) is 5.82 Å². The number of anilines is 2. The number of hydrogen-bond donors (Lipinski definition) is 1. The van der Waals surface area contributed by atoms with Crippen molar-refractivity contribution in [3.05, 3.63) is 46.0 Å². The first kappa shape index (κ1) is 23.3. The third-order valence-corrected chi connectivity index (χ3v) is 6.13. The van der Waals surface area contributed by atoms with E-state index in [1.54, 1.807) is 4.90 Å². The Morgan fingerprint density at radius 1 is 1.27 bits per heavy atom. The lowest BCUT2D eigenvalue weighted by Crippen LogP contribution is -2.57. The van der Waals surface area contributed by atoms with Gasteiger partial charge in [-0.15, -0.1) is 0 Å². The Labute approximate surface area is 187 Å². The lowest BCUT2D eigenvalue weighted by molar-refractivity contribution is -0.183. The maximum absolute atomic E-state index is 14.2. The molecule has 8 nitrogen and oxygen atoms in total. The molecular formula is C21H24F4N4O4. The van der Waals surface area contributed by atoms with E-state index in [9.17, 15) is 27.5 Å². The van der Waals surface area contributed by atoms with Crippen LogP contribution < -0.4 is 20.1 Å². The lowest BCUT2D eigenvalue weighted by Gasteiger charge is -2.38. The Balaban J connectivity index is 1.76. The zero-order valence-electron chi connectivity index (χ0n) is 18.1. The largest absolute Gasteiger partial charge is 0.496 e. The van der Waals surface area contributed by atoms with Crippen molar-refractivity contribution >= 4 is 11.8 Å². The number of rotatable bonds is 5. The normalized spacial score (nSPS) is 21.8. The van der Waals surface area contributed by atoms with Crippen LogP contribution in [0.4, 0.5) is 29.3 Å². The van der Waals surface area contributed by atoms with Gasteiger partial charge in [0.05, 0.1) is 33.4 Å². The van der Waals surface area contributed by atoms with Crippen LogP contribution in [0.1, 0.15) is 18.6 Å². The van der Waals surface area contributed by atoms with Gasteiger partial charge in [-0.1, -0.05) is 0 Å². The van der Waals surface area contributed by atoms with Crippen molar-refractivity contribution in [3.8, 4) is 5.75 Å². The maximum Gasteiger partial charge on any atom is 0.413 e. The first-order valence-electron chi connectivity index (χ1n) is 10.4. The van der Waals surface area contributed by atoms with E-state index in [0.29, 0.717) is 26.3 Å². The van der Waals surface area contributed by atoms with E-state index in [1.807, 2.05) is 0 Å². The van der Waals surface area contributed by atoms with Crippen LogP contribution in [0.5, 0.6) is 5.75 Å². The molecule has 0 spiro atoms. The SMILES string of the molecule is COc1cc(F)ccc1C(O)CN1c2nc(N3CCOCC3)cc(=O)n2CC1(C)C(F)(F)F. The predicted molar refractivity (Wildman–Crippen MR) is 111 cm³/mol. The molecule has 0 amide bonds. The van der Waals surface area contributed by atoms with Gasteiger partial charge in [0, 0.05) is 30.8 Å². The molecule has 2 atom stereocenters.